The van der Waals surface area contributed by atoms with Crippen LogP contribution in [0.3, 0.4) is 0 Å². The average molecular weight is 612 g/mol. The second-order valence-corrected chi connectivity index (χ2v) is 9.79. The quantitative estimate of drug-likeness (QED) is 0.181. The molecule has 0 fully saturated rings. The summed E-state index contributed by atoms with van der Waals surface area (Å²) in [5.41, 5.74) is 7.88. The van der Waals surface area contributed by atoms with E-state index in [9.17, 15) is 13.2 Å². The molecule has 2 aromatic carbocycles. The lowest BCUT2D eigenvalue weighted by molar-refractivity contribution is -0.131. The standard InChI is InChI=1S/C26H23ClN4O5S.2ClH/c1-18(32)36-37(33,34)31(13-3-6-19-5-2-7-20(15-19)26(28)29)22-9-10-25(24(27)17-22)35-23-11-14-30-12-4-8-21(30)16-23;;/h2-12,14-17H,13H2,1H3,(H3,28,29);2*1H/b6-3+;;. The van der Waals surface area contributed by atoms with E-state index in [0.29, 0.717) is 22.6 Å². The van der Waals surface area contributed by atoms with Crippen molar-refractivity contribution in [3.63, 3.8) is 0 Å². The van der Waals surface area contributed by atoms with Gasteiger partial charge in [0.1, 0.15) is 17.3 Å². The molecule has 0 spiro atoms. The molecular formula is C26H25Cl3N4O5S. The lowest BCUT2D eigenvalue weighted by Gasteiger charge is -2.22. The van der Waals surface area contributed by atoms with Gasteiger partial charge < -0.3 is 19.1 Å². The minimum Gasteiger partial charge on any atom is -0.456 e. The van der Waals surface area contributed by atoms with Crippen molar-refractivity contribution in [1.82, 2.24) is 4.40 Å². The molecule has 0 saturated heterocycles. The second kappa shape index (κ2) is 13.4. The van der Waals surface area contributed by atoms with E-state index in [2.05, 4.69) is 4.18 Å². The van der Waals surface area contributed by atoms with Crippen molar-refractivity contribution in [1.29, 1.82) is 5.41 Å². The smallest absolute Gasteiger partial charge is 0.412 e. The normalized spacial score (nSPS) is 10.9. The number of halogens is 3. The summed E-state index contributed by atoms with van der Waals surface area (Å²) >= 11 is 6.44. The van der Waals surface area contributed by atoms with Crippen molar-refractivity contribution in [2.75, 3.05) is 10.8 Å². The molecule has 0 aliphatic heterocycles. The number of nitrogens with two attached hydrogens (primary N) is 1. The van der Waals surface area contributed by atoms with Crippen LogP contribution in [0.5, 0.6) is 11.5 Å². The van der Waals surface area contributed by atoms with Crippen LogP contribution in [-0.2, 0) is 19.3 Å². The summed E-state index contributed by atoms with van der Waals surface area (Å²) in [6, 6.07) is 18.8. The van der Waals surface area contributed by atoms with Crippen molar-refractivity contribution in [3.05, 3.63) is 101 Å². The number of amidine groups is 1. The van der Waals surface area contributed by atoms with E-state index in [1.807, 2.05) is 35.0 Å². The summed E-state index contributed by atoms with van der Waals surface area (Å²) in [5.74, 6) is -0.182. The van der Waals surface area contributed by atoms with Gasteiger partial charge in [-0.25, -0.2) is 4.31 Å². The molecule has 0 amide bonds. The van der Waals surface area contributed by atoms with Crippen LogP contribution in [0, 0.1) is 5.41 Å². The molecule has 2 aromatic heterocycles. The molecule has 0 aliphatic carbocycles. The Hall–Kier alpha value is -3.70. The zero-order valence-corrected chi connectivity index (χ0v) is 23.7. The predicted octanol–water partition coefficient (Wildman–Crippen LogP) is 5.84. The van der Waals surface area contributed by atoms with Crippen LogP contribution in [0.25, 0.3) is 11.6 Å². The van der Waals surface area contributed by atoms with Crippen molar-refractivity contribution in [3.8, 4) is 11.5 Å². The van der Waals surface area contributed by atoms with Gasteiger partial charge in [0.25, 0.3) is 0 Å². The number of ether oxygens (including phenoxy) is 1. The lowest BCUT2D eigenvalue weighted by Crippen LogP contribution is -2.33. The number of nitrogen functional groups attached to an aromatic ring is 1. The maximum absolute atomic E-state index is 12.8. The van der Waals surface area contributed by atoms with Gasteiger partial charge in [-0.2, -0.15) is 8.42 Å². The summed E-state index contributed by atoms with van der Waals surface area (Å²) in [6.45, 7) is 0.839. The number of anilines is 1. The first-order valence-electron chi connectivity index (χ1n) is 11.0. The number of aromatic nitrogens is 1. The Morgan fingerprint density at radius 2 is 1.85 bits per heavy atom. The van der Waals surface area contributed by atoms with Crippen LogP contribution in [0.4, 0.5) is 5.69 Å². The van der Waals surface area contributed by atoms with Gasteiger partial charge in [0.15, 0.2) is 0 Å². The first kappa shape index (κ1) is 31.5. The van der Waals surface area contributed by atoms with Crippen LogP contribution in [0.2, 0.25) is 5.02 Å². The fraction of sp³-hybridized carbons (Fsp3) is 0.0769. The number of carbonyl (C=O) groups is 1. The number of hydrogen-bond acceptors (Lipinski definition) is 6. The minimum absolute atomic E-state index is 0. The first-order valence-corrected chi connectivity index (χ1v) is 12.7. The predicted molar refractivity (Wildman–Crippen MR) is 158 cm³/mol. The van der Waals surface area contributed by atoms with E-state index >= 15 is 0 Å². The fourth-order valence-corrected chi connectivity index (χ4v) is 4.78. The molecular weight excluding hydrogens is 587 g/mol. The zero-order chi connectivity index (χ0) is 26.6. The first-order chi connectivity index (χ1) is 17.6. The second-order valence-electron chi connectivity index (χ2n) is 7.92. The van der Waals surface area contributed by atoms with E-state index in [1.165, 1.54) is 18.2 Å². The Kier molecular flexibility index (Phi) is 10.8. The Morgan fingerprint density at radius 3 is 2.54 bits per heavy atom. The fourth-order valence-electron chi connectivity index (χ4n) is 3.54. The summed E-state index contributed by atoms with van der Waals surface area (Å²) in [6.07, 6.45) is 7.00. The number of fused-ring (bicyclic) bond motifs is 1. The van der Waals surface area contributed by atoms with Gasteiger partial charge in [0.05, 0.1) is 17.3 Å². The van der Waals surface area contributed by atoms with Crippen LogP contribution < -0.4 is 14.8 Å². The highest BCUT2D eigenvalue weighted by molar-refractivity contribution is 7.88. The number of benzene rings is 2. The third-order valence-corrected chi connectivity index (χ3v) is 6.84. The topological polar surface area (TPSA) is 127 Å². The van der Waals surface area contributed by atoms with Crippen LogP contribution in [0.1, 0.15) is 18.1 Å². The zero-order valence-electron chi connectivity index (χ0n) is 20.5. The van der Waals surface area contributed by atoms with Crippen molar-refractivity contribution >= 4 is 75.8 Å². The van der Waals surface area contributed by atoms with Gasteiger partial charge in [0.2, 0.25) is 0 Å². The van der Waals surface area contributed by atoms with Gasteiger partial charge in [-0.05, 0) is 48.0 Å². The molecule has 39 heavy (non-hydrogen) atoms. The van der Waals surface area contributed by atoms with Gasteiger partial charge in [-0.3, -0.25) is 10.2 Å². The number of rotatable bonds is 9. The number of nitrogens with one attached hydrogen (secondary N) is 1. The van der Waals surface area contributed by atoms with Gasteiger partial charge in [-0.15, -0.1) is 24.8 Å². The highest BCUT2D eigenvalue weighted by Crippen LogP contribution is 2.34. The molecule has 0 bridgehead atoms. The third-order valence-electron chi connectivity index (χ3n) is 5.20. The molecule has 206 valence electrons. The molecule has 13 heteroatoms. The number of nitrogens with zero attached hydrogens (tertiary/aromatic N) is 2. The van der Waals surface area contributed by atoms with E-state index in [-0.39, 0.29) is 47.9 Å². The summed E-state index contributed by atoms with van der Waals surface area (Å²) in [7, 11) is -4.48. The summed E-state index contributed by atoms with van der Waals surface area (Å²) in [4.78, 5) is 11.5. The Morgan fingerprint density at radius 1 is 1.08 bits per heavy atom. The van der Waals surface area contributed by atoms with E-state index in [0.717, 1.165) is 16.7 Å². The van der Waals surface area contributed by atoms with Gasteiger partial charge in [0, 0.05) is 36.5 Å². The SMILES string of the molecule is CC(=O)OS(=O)(=O)N(C/C=C/c1cccc(C(=N)N)c1)c1ccc(Oc2ccn3cccc3c2)c(Cl)c1.Cl.Cl. The molecule has 3 N–H and O–H groups in total. The van der Waals surface area contributed by atoms with E-state index < -0.39 is 16.3 Å². The highest BCUT2D eigenvalue weighted by atomic mass is 35.5. The monoisotopic (exact) mass is 610 g/mol. The minimum atomic E-state index is -4.48. The lowest BCUT2D eigenvalue weighted by atomic mass is 10.1. The molecule has 0 aliphatic rings. The van der Waals surface area contributed by atoms with Crippen LogP contribution >= 0.6 is 36.4 Å². The summed E-state index contributed by atoms with van der Waals surface area (Å²) < 4.78 is 39.0. The Bertz CT molecular complexity index is 1620. The maximum Gasteiger partial charge on any atom is 0.412 e. The third kappa shape index (κ3) is 7.90. The van der Waals surface area contributed by atoms with Crippen molar-refractivity contribution < 1.29 is 22.1 Å². The van der Waals surface area contributed by atoms with E-state index in [1.54, 1.807) is 42.5 Å². The largest absolute Gasteiger partial charge is 0.456 e. The average Bonchev–Trinajstić information content (AvgIpc) is 3.30. The number of hydrogen-bond donors (Lipinski definition) is 2. The number of carbonyl (C=O) groups excluding carboxylic acids is 1. The molecule has 9 nitrogen and oxygen atoms in total. The van der Waals surface area contributed by atoms with Gasteiger partial charge >= 0.3 is 16.3 Å². The molecule has 0 unspecified atom stereocenters. The molecule has 0 atom stereocenters. The Balaban J connectivity index is 0.00000267. The maximum atomic E-state index is 12.8. The van der Waals surface area contributed by atoms with Crippen LogP contribution in [0.15, 0.2) is 85.2 Å². The molecule has 2 heterocycles. The van der Waals surface area contributed by atoms with Crippen LogP contribution in [-0.4, -0.2) is 31.2 Å². The highest BCUT2D eigenvalue weighted by Gasteiger charge is 2.26. The number of pyridine rings is 1. The Labute approximate surface area is 243 Å². The summed E-state index contributed by atoms with van der Waals surface area (Å²) in [5, 5.41) is 7.73. The molecule has 0 radical (unpaired) electrons. The molecule has 4 rings (SSSR count). The van der Waals surface area contributed by atoms with E-state index in [4.69, 9.17) is 27.5 Å². The molecule has 4 aromatic rings. The van der Waals surface area contributed by atoms with Gasteiger partial charge in [-0.1, -0.05) is 42.0 Å². The molecule has 0 saturated carbocycles. The van der Waals surface area contributed by atoms with Crippen molar-refractivity contribution in [2.24, 2.45) is 5.73 Å². The van der Waals surface area contributed by atoms with Crippen molar-refractivity contribution in [2.45, 2.75) is 6.92 Å².